The van der Waals surface area contributed by atoms with E-state index < -0.39 is 5.41 Å². The molecule has 0 aromatic heterocycles. The number of benzene rings is 1. The van der Waals surface area contributed by atoms with Gasteiger partial charge in [0.05, 0.1) is 6.07 Å². The van der Waals surface area contributed by atoms with Crippen molar-refractivity contribution >= 4 is 5.91 Å². The maximum absolute atomic E-state index is 12.4. The summed E-state index contributed by atoms with van der Waals surface area (Å²) in [5, 5.41) is 12.3. The quantitative estimate of drug-likeness (QED) is 0.903. The molecular weight excluding hydrogens is 298 g/mol. The third kappa shape index (κ3) is 3.96. The molecule has 1 aromatic rings. The van der Waals surface area contributed by atoms with E-state index >= 15 is 0 Å². The van der Waals surface area contributed by atoms with Crippen LogP contribution in [0, 0.1) is 16.7 Å². The summed E-state index contributed by atoms with van der Waals surface area (Å²) in [6.45, 7) is 3.93. The fraction of sp³-hybridized carbons (Fsp3) is 0.600. The highest BCUT2D eigenvalue weighted by Gasteiger charge is 2.41. The van der Waals surface area contributed by atoms with Crippen molar-refractivity contribution in [3.8, 4) is 6.07 Å². The van der Waals surface area contributed by atoms with Crippen LogP contribution in [0.5, 0.6) is 0 Å². The summed E-state index contributed by atoms with van der Waals surface area (Å²) in [4.78, 5) is 14.9. The Balaban J connectivity index is 1.51. The minimum absolute atomic E-state index is 0.0973. The molecule has 1 saturated carbocycles. The van der Waals surface area contributed by atoms with Gasteiger partial charge in [0.2, 0.25) is 5.91 Å². The smallest absolute Gasteiger partial charge is 0.240 e. The molecule has 2 fully saturated rings. The number of hydrogen-bond donors (Lipinski definition) is 1. The van der Waals surface area contributed by atoms with Crippen LogP contribution in [0.4, 0.5) is 0 Å². The summed E-state index contributed by atoms with van der Waals surface area (Å²) in [6, 6.07) is 10.7. The molecule has 4 heteroatoms. The third-order valence-electron chi connectivity index (χ3n) is 5.44. The van der Waals surface area contributed by atoms with Crippen LogP contribution in [0.25, 0.3) is 0 Å². The van der Waals surface area contributed by atoms with Crippen LogP contribution < -0.4 is 5.32 Å². The van der Waals surface area contributed by atoms with Crippen molar-refractivity contribution in [3.63, 3.8) is 0 Å². The Morgan fingerprint density at radius 3 is 2.29 bits per heavy atom. The molecule has 0 spiro atoms. The van der Waals surface area contributed by atoms with Crippen molar-refractivity contribution in [2.45, 2.75) is 58.0 Å². The number of amides is 1. The number of piperidine rings is 1. The average Bonchev–Trinajstić information content (AvgIpc) is 3.12. The molecule has 1 amide bonds. The van der Waals surface area contributed by atoms with E-state index in [-0.39, 0.29) is 5.91 Å². The number of nitrogens with zero attached hydrogens (tertiary/aromatic N) is 2. The fourth-order valence-corrected chi connectivity index (χ4v) is 3.86. The lowest BCUT2D eigenvalue weighted by Crippen LogP contribution is -2.37. The van der Waals surface area contributed by atoms with Gasteiger partial charge in [0, 0.05) is 13.1 Å². The normalized spacial score (nSPS) is 20.5. The van der Waals surface area contributed by atoms with E-state index in [0.29, 0.717) is 19.4 Å². The standard InChI is InChI=1S/C20H27N3O/c21-16-20(10-2-3-11-20)19(24)22-14-17-6-8-18(9-7-17)15-23-12-4-1-5-13-23/h6-9H,1-5,10-15H2,(H,22,24). The molecule has 1 heterocycles. The maximum atomic E-state index is 12.4. The molecule has 1 N–H and O–H groups in total. The largest absolute Gasteiger partial charge is 0.351 e. The minimum Gasteiger partial charge on any atom is -0.351 e. The number of nitriles is 1. The van der Waals surface area contributed by atoms with Gasteiger partial charge in [-0.3, -0.25) is 9.69 Å². The van der Waals surface area contributed by atoms with E-state index in [4.69, 9.17) is 0 Å². The molecule has 0 bridgehead atoms. The van der Waals surface area contributed by atoms with E-state index in [9.17, 15) is 10.1 Å². The van der Waals surface area contributed by atoms with Gasteiger partial charge >= 0.3 is 0 Å². The Kier molecular flexibility index (Phi) is 5.52. The Morgan fingerprint density at radius 1 is 1.04 bits per heavy atom. The summed E-state index contributed by atoms with van der Waals surface area (Å²) in [7, 11) is 0. The van der Waals surface area contributed by atoms with Crippen molar-refractivity contribution < 1.29 is 4.79 Å². The van der Waals surface area contributed by atoms with Crippen LogP contribution >= 0.6 is 0 Å². The molecule has 0 unspecified atom stereocenters. The predicted molar refractivity (Wildman–Crippen MR) is 93.9 cm³/mol. The summed E-state index contributed by atoms with van der Waals surface area (Å²) >= 11 is 0. The predicted octanol–water partition coefficient (Wildman–Crippen LogP) is 3.37. The second kappa shape index (κ2) is 7.81. The molecule has 24 heavy (non-hydrogen) atoms. The summed E-state index contributed by atoms with van der Waals surface area (Å²) in [5.74, 6) is -0.0973. The highest BCUT2D eigenvalue weighted by Crippen LogP contribution is 2.37. The van der Waals surface area contributed by atoms with Gasteiger partial charge in [-0.05, 0) is 49.9 Å². The van der Waals surface area contributed by atoms with Crippen molar-refractivity contribution in [2.24, 2.45) is 5.41 Å². The lowest BCUT2D eigenvalue weighted by atomic mass is 9.87. The molecular formula is C20H27N3O. The molecule has 0 radical (unpaired) electrons. The average molecular weight is 325 g/mol. The first kappa shape index (κ1) is 17.0. The molecule has 2 aliphatic rings. The minimum atomic E-state index is -0.784. The van der Waals surface area contributed by atoms with E-state index in [1.165, 1.54) is 37.9 Å². The van der Waals surface area contributed by atoms with E-state index in [1.807, 2.05) is 0 Å². The van der Waals surface area contributed by atoms with Gasteiger partial charge in [0.1, 0.15) is 5.41 Å². The van der Waals surface area contributed by atoms with Crippen LogP contribution in [0.3, 0.4) is 0 Å². The van der Waals surface area contributed by atoms with Crippen molar-refractivity contribution in [3.05, 3.63) is 35.4 Å². The Morgan fingerprint density at radius 2 is 1.67 bits per heavy atom. The van der Waals surface area contributed by atoms with Gasteiger partial charge in [-0.25, -0.2) is 0 Å². The van der Waals surface area contributed by atoms with Gasteiger partial charge in [-0.15, -0.1) is 0 Å². The van der Waals surface area contributed by atoms with Gasteiger partial charge in [-0.2, -0.15) is 5.26 Å². The summed E-state index contributed by atoms with van der Waals surface area (Å²) < 4.78 is 0. The Hall–Kier alpha value is -1.86. The zero-order valence-electron chi connectivity index (χ0n) is 14.4. The number of rotatable bonds is 5. The van der Waals surface area contributed by atoms with Crippen LogP contribution in [0.1, 0.15) is 56.1 Å². The Bertz CT molecular complexity index is 590. The molecule has 1 saturated heterocycles. The third-order valence-corrected chi connectivity index (χ3v) is 5.44. The fourth-order valence-electron chi connectivity index (χ4n) is 3.86. The van der Waals surface area contributed by atoms with E-state index in [2.05, 4.69) is 40.6 Å². The second-order valence-corrected chi connectivity index (χ2v) is 7.24. The zero-order valence-corrected chi connectivity index (χ0v) is 14.4. The van der Waals surface area contributed by atoms with E-state index in [1.54, 1.807) is 0 Å². The highest BCUT2D eigenvalue weighted by atomic mass is 16.2. The number of carbonyl (C=O) groups excluding carboxylic acids is 1. The van der Waals surface area contributed by atoms with Gasteiger partial charge < -0.3 is 5.32 Å². The van der Waals surface area contributed by atoms with Crippen LogP contribution in [-0.2, 0) is 17.9 Å². The van der Waals surface area contributed by atoms with Crippen LogP contribution in [0.2, 0.25) is 0 Å². The van der Waals surface area contributed by atoms with E-state index in [0.717, 1.165) is 24.9 Å². The summed E-state index contributed by atoms with van der Waals surface area (Å²) in [5.41, 5.74) is 1.64. The summed E-state index contributed by atoms with van der Waals surface area (Å²) in [6.07, 6.45) is 7.33. The first-order valence-electron chi connectivity index (χ1n) is 9.22. The lowest BCUT2D eigenvalue weighted by Gasteiger charge is -2.26. The maximum Gasteiger partial charge on any atom is 0.240 e. The second-order valence-electron chi connectivity index (χ2n) is 7.24. The first-order chi connectivity index (χ1) is 11.7. The van der Waals surface area contributed by atoms with Crippen molar-refractivity contribution in [1.82, 2.24) is 10.2 Å². The zero-order chi connectivity index (χ0) is 16.8. The highest BCUT2D eigenvalue weighted by molar-refractivity contribution is 5.85. The number of hydrogen-bond acceptors (Lipinski definition) is 3. The number of carbonyl (C=O) groups is 1. The van der Waals surface area contributed by atoms with Crippen molar-refractivity contribution in [2.75, 3.05) is 13.1 Å². The van der Waals surface area contributed by atoms with Gasteiger partial charge in [-0.1, -0.05) is 43.5 Å². The van der Waals surface area contributed by atoms with Crippen molar-refractivity contribution in [1.29, 1.82) is 5.26 Å². The topological polar surface area (TPSA) is 56.1 Å². The molecule has 128 valence electrons. The molecule has 1 aromatic carbocycles. The molecule has 1 aliphatic carbocycles. The number of nitrogens with one attached hydrogen (secondary N) is 1. The Labute approximate surface area is 144 Å². The molecule has 3 rings (SSSR count). The SMILES string of the molecule is N#CC1(C(=O)NCc2ccc(CN3CCCCC3)cc2)CCCC1. The van der Waals surface area contributed by atoms with Crippen LogP contribution in [0.15, 0.2) is 24.3 Å². The molecule has 0 atom stereocenters. The first-order valence-corrected chi connectivity index (χ1v) is 9.22. The van der Waals surface area contributed by atoms with Gasteiger partial charge in [0.25, 0.3) is 0 Å². The monoisotopic (exact) mass is 325 g/mol. The molecule has 1 aliphatic heterocycles. The lowest BCUT2D eigenvalue weighted by molar-refractivity contribution is -0.128. The van der Waals surface area contributed by atoms with Gasteiger partial charge in [0.15, 0.2) is 0 Å². The molecule has 4 nitrogen and oxygen atoms in total. The number of likely N-dealkylation sites (tertiary alicyclic amines) is 1. The van der Waals surface area contributed by atoms with Crippen LogP contribution in [-0.4, -0.2) is 23.9 Å².